The average molecular weight is 247 g/mol. The van der Waals surface area contributed by atoms with Gasteiger partial charge in [0, 0.05) is 19.6 Å². The fourth-order valence-electron chi connectivity index (χ4n) is 2.15. The first kappa shape index (κ1) is 12.9. The highest BCUT2D eigenvalue weighted by Gasteiger charge is 2.18. The van der Waals surface area contributed by atoms with E-state index >= 15 is 0 Å². The molecule has 2 heterocycles. The van der Waals surface area contributed by atoms with Crippen molar-refractivity contribution in [3.63, 3.8) is 0 Å². The van der Waals surface area contributed by atoms with Crippen LogP contribution in [0.5, 0.6) is 0 Å². The molecule has 0 unspecified atom stereocenters. The van der Waals surface area contributed by atoms with Crippen LogP contribution in [0.25, 0.3) is 0 Å². The zero-order chi connectivity index (χ0) is 12.8. The number of anilines is 1. The summed E-state index contributed by atoms with van der Waals surface area (Å²) in [4.78, 5) is 18.3. The first-order chi connectivity index (χ1) is 8.81. The van der Waals surface area contributed by atoms with Gasteiger partial charge in [0.1, 0.15) is 5.69 Å². The normalized spacial score (nSPS) is 15.5. The first-order valence-corrected chi connectivity index (χ1v) is 6.80. The van der Waals surface area contributed by atoms with Gasteiger partial charge in [-0.3, -0.25) is 4.79 Å². The van der Waals surface area contributed by atoms with Crippen molar-refractivity contribution in [3.05, 3.63) is 24.0 Å². The SMILES string of the molecule is CCCNc1ccc(C(=O)N2CCCCC2)nc1. The third-order valence-corrected chi connectivity index (χ3v) is 3.20. The summed E-state index contributed by atoms with van der Waals surface area (Å²) in [7, 11) is 0. The zero-order valence-electron chi connectivity index (χ0n) is 11.0. The molecule has 1 saturated heterocycles. The van der Waals surface area contributed by atoms with E-state index in [2.05, 4.69) is 17.2 Å². The number of pyridine rings is 1. The second-order valence-corrected chi connectivity index (χ2v) is 4.71. The molecule has 1 fully saturated rings. The lowest BCUT2D eigenvalue weighted by molar-refractivity contribution is 0.0718. The number of carbonyl (C=O) groups excluding carboxylic acids is 1. The molecule has 2 rings (SSSR count). The second-order valence-electron chi connectivity index (χ2n) is 4.71. The van der Waals surface area contributed by atoms with Gasteiger partial charge in [-0.25, -0.2) is 4.98 Å². The zero-order valence-corrected chi connectivity index (χ0v) is 11.0. The maximum Gasteiger partial charge on any atom is 0.272 e. The smallest absolute Gasteiger partial charge is 0.272 e. The van der Waals surface area contributed by atoms with Gasteiger partial charge in [-0.15, -0.1) is 0 Å². The van der Waals surface area contributed by atoms with E-state index in [4.69, 9.17) is 0 Å². The maximum absolute atomic E-state index is 12.2. The minimum Gasteiger partial charge on any atom is -0.384 e. The van der Waals surface area contributed by atoms with Crippen molar-refractivity contribution in [3.8, 4) is 0 Å². The Bertz CT molecular complexity index is 383. The van der Waals surface area contributed by atoms with Gasteiger partial charge in [-0.05, 0) is 37.8 Å². The van der Waals surface area contributed by atoms with Crippen LogP contribution in [0.3, 0.4) is 0 Å². The molecule has 1 aliphatic rings. The number of aromatic nitrogens is 1. The van der Waals surface area contributed by atoms with Gasteiger partial charge >= 0.3 is 0 Å². The van der Waals surface area contributed by atoms with Crippen molar-refractivity contribution in [2.24, 2.45) is 0 Å². The average Bonchev–Trinajstić information content (AvgIpc) is 2.46. The summed E-state index contributed by atoms with van der Waals surface area (Å²) in [5.41, 5.74) is 1.53. The van der Waals surface area contributed by atoms with Crippen molar-refractivity contribution < 1.29 is 4.79 Å². The van der Waals surface area contributed by atoms with Gasteiger partial charge in [-0.2, -0.15) is 0 Å². The summed E-state index contributed by atoms with van der Waals surface area (Å²) in [6.45, 7) is 4.79. The second kappa shape index (κ2) is 6.38. The fourth-order valence-corrected chi connectivity index (χ4v) is 2.15. The lowest BCUT2D eigenvalue weighted by Crippen LogP contribution is -2.36. The highest BCUT2D eigenvalue weighted by atomic mass is 16.2. The Morgan fingerprint density at radius 2 is 2.11 bits per heavy atom. The minimum absolute atomic E-state index is 0.0664. The Labute approximate surface area is 108 Å². The molecule has 0 bridgehead atoms. The van der Waals surface area contributed by atoms with Crippen LogP contribution in [-0.2, 0) is 0 Å². The van der Waals surface area contributed by atoms with Crippen molar-refractivity contribution in [2.75, 3.05) is 25.0 Å². The number of amides is 1. The molecule has 0 radical (unpaired) electrons. The van der Waals surface area contributed by atoms with Crippen LogP contribution in [-0.4, -0.2) is 35.4 Å². The Balaban J connectivity index is 1.97. The minimum atomic E-state index is 0.0664. The van der Waals surface area contributed by atoms with Crippen LogP contribution < -0.4 is 5.32 Å². The standard InChI is InChI=1S/C14H21N3O/c1-2-8-15-12-6-7-13(16-11-12)14(18)17-9-4-3-5-10-17/h6-7,11,15H,2-5,8-10H2,1H3. The lowest BCUT2D eigenvalue weighted by Gasteiger charge is -2.26. The number of nitrogens with zero attached hydrogens (tertiary/aromatic N) is 2. The van der Waals surface area contributed by atoms with Gasteiger partial charge in [0.25, 0.3) is 5.91 Å². The van der Waals surface area contributed by atoms with Gasteiger partial charge in [0.15, 0.2) is 0 Å². The molecule has 0 aromatic carbocycles. The molecule has 4 nitrogen and oxygen atoms in total. The number of hydrogen-bond donors (Lipinski definition) is 1. The molecule has 1 aliphatic heterocycles. The molecule has 4 heteroatoms. The van der Waals surface area contributed by atoms with E-state index in [1.54, 1.807) is 6.20 Å². The van der Waals surface area contributed by atoms with Crippen LogP contribution in [0, 0.1) is 0 Å². The molecule has 18 heavy (non-hydrogen) atoms. The summed E-state index contributed by atoms with van der Waals surface area (Å²) in [6, 6.07) is 3.74. The molecular formula is C14H21N3O. The fraction of sp³-hybridized carbons (Fsp3) is 0.571. The Hall–Kier alpha value is -1.58. The molecule has 0 spiro atoms. The Morgan fingerprint density at radius 1 is 1.33 bits per heavy atom. The highest BCUT2D eigenvalue weighted by molar-refractivity contribution is 5.92. The van der Waals surface area contributed by atoms with E-state index in [1.165, 1.54) is 6.42 Å². The third kappa shape index (κ3) is 3.22. The van der Waals surface area contributed by atoms with Gasteiger partial charge in [0.2, 0.25) is 0 Å². The van der Waals surface area contributed by atoms with Crippen molar-refractivity contribution >= 4 is 11.6 Å². The van der Waals surface area contributed by atoms with Crippen LogP contribution in [0.15, 0.2) is 18.3 Å². The van der Waals surface area contributed by atoms with Gasteiger partial charge < -0.3 is 10.2 Å². The monoisotopic (exact) mass is 247 g/mol. The molecule has 98 valence electrons. The van der Waals surface area contributed by atoms with Crippen LogP contribution in [0.4, 0.5) is 5.69 Å². The van der Waals surface area contributed by atoms with E-state index in [-0.39, 0.29) is 5.91 Å². The Kier molecular flexibility index (Phi) is 4.56. The largest absolute Gasteiger partial charge is 0.384 e. The van der Waals surface area contributed by atoms with Crippen molar-refractivity contribution in [1.82, 2.24) is 9.88 Å². The number of piperidine rings is 1. The molecule has 0 aliphatic carbocycles. The van der Waals surface area contributed by atoms with Gasteiger partial charge in [-0.1, -0.05) is 6.92 Å². The summed E-state index contributed by atoms with van der Waals surface area (Å²) < 4.78 is 0. The first-order valence-electron chi connectivity index (χ1n) is 6.80. The van der Waals surface area contributed by atoms with Crippen LogP contribution >= 0.6 is 0 Å². The summed E-state index contributed by atoms with van der Waals surface area (Å²) in [5.74, 6) is 0.0664. The number of likely N-dealkylation sites (tertiary alicyclic amines) is 1. The summed E-state index contributed by atoms with van der Waals surface area (Å²) >= 11 is 0. The quantitative estimate of drug-likeness (QED) is 0.889. The van der Waals surface area contributed by atoms with Gasteiger partial charge in [0.05, 0.1) is 11.9 Å². The molecule has 0 saturated carbocycles. The van der Waals surface area contributed by atoms with Crippen molar-refractivity contribution in [1.29, 1.82) is 0 Å². The number of rotatable bonds is 4. The molecule has 1 aromatic heterocycles. The van der Waals surface area contributed by atoms with Crippen molar-refractivity contribution in [2.45, 2.75) is 32.6 Å². The van der Waals surface area contributed by atoms with Crippen LogP contribution in [0.1, 0.15) is 43.1 Å². The van der Waals surface area contributed by atoms with E-state index in [0.29, 0.717) is 5.69 Å². The third-order valence-electron chi connectivity index (χ3n) is 3.20. The Morgan fingerprint density at radius 3 is 2.72 bits per heavy atom. The number of carbonyl (C=O) groups is 1. The number of hydrogen-bond acceptors (Lipinski definition) is 3. The highest BCUT2D eigenvalue weighted by Crippen LogP contribution is 2.13. The molecule has 1 amide bonds. The molecule has 0 atom stereocenters. The predicted molar refractivity (Wildman–Crippen MR) is 72.8 cm³/mol. The number of nitrogens with one attached hydrogen (secondary N) is 1. The predicted octanol–water partition coefficient (Wildman–Crippen LogP) is 2.53. The van der Waals surface area contributed by atoms with E-state index < -0.39 is 0 Å². The molecular weight excluding hydrogens is 226 g/mol. The summed E-state index contributed by atoms with van der Waals surface area (Å²) in [5, 5.41) is 3.25. The van der Waals surface area contributed by atoms with Crippen LogP contribution in [0.2, 0.25) is 0 Å². The lowest BCUT2D eigenvalue weighted by atomic mass is 10.1. The van der Waals surface area contributed by atoms with E-state index in [1.807, 2.05) is 17.0 Å². The maximum atomic E-state index is 12.2. The topological polar surface area (TPSA) is 45.2 Å². The van der Waals surface area contributed by atoms with E-state index in [9.17, 15) is 4.79 Å². The molecule has 1 aromatic rings. The van der Waals surface area contributed by atoms with E-state index in [0.717, 1.165) is 44.6 Å². The molecule has 1 N–H and O–H groups in total. The summed E-state index contributed by atoms with van der Waals surface area (Å²) in [6.07, 6.45) is 6.28.